The number of nitrogens with two attached hydrogens (primary N) is 1. The van der Waals surface area contributed by atoms with Crippen molar-refractivity contribution in [3.8, 4) is 11.4 Å². The van der Waals surface area contributed by atoms with Gasteiger partial charge in [0, 0.05) is 16.8 Å². The molecule has 21 heavy (non-hydrogen) atoms. The van der Waals surface area contributed by atoms with E-state index in [2.05, 4.69) is 29.2 Å². The summed E-state index contributed by atoms with van der Waals surface area (Å²) >= 11 is 0. The minimum absolute atomic E-state index is 0.683. The Labute approximate surface area is 125 Å². The Morgan fingerprint density at radius 2 is 1.67 bits per heavy atom. The van der Waals surface area contributed by atoms with Gasteiger partial charge in [0.25, 0.3) is 0 Å². The van der Waals surface area contributed by atoms with Crippen LogP contribution in [0.3, 0.4) is 0 Å². The van der Waals surface area contributed by atoms with E-state index < -0.39 is 0 Å². The van der Waals surface area contributed by atoms with E-state index in [4.69, 9.17) is 10.7 Å². The summed E-state index contributed by atoms with van der Waals surface area (Å²) < 4.78 is 0. The zero-order valence-electron chi connectivity index (χ0n) is 12.3. The number of aryl methyl sites for hydroxylation is 1. The predicted molar refractivity (Wildman–Crippen MR) is 85.1 cm³/mol. The highest BCUT2D eigenvalue weighted by Gasteiger charge is 2.23. The van der Waals surface area contributed by atoms with Gasteiger partial charge in [-0.15, -0.1) is 0 Å². The molecular weight excluding hydrogens is 258 g/mol. The Morgan fingerprint density at radius 1 is 0.905 bits per heavy atom. The smallest absolute Gasteiger partial charge is 0.161 e. The molecule has 0 unspecified atom stereocenters. The van der Waals surface area contributed by atoms with Crippen LogP contribution < -0.4 is 5.73 Å². The summed E-state index contributed by atoms with van der Waals surface area (Å²) in [5.74, 6) is 2.26. The van der Waals surface area contributed by atoms with Gasteiger partial charge in [0.15, 0.2) is 5.82 Å². The number of nitrogens with zero attached hydrogens (tertiary/aromatic N) is 2. The summed E-state index contributed by atoms with van der Waals surface area (Å²) in [7, 11) is 0. The molecule has 2 aliphatic rings. The second kappa shape index (κ2) is 5.14. The fourth-order valence-electron chi connectivity index (χ4n) is 3.25. The van der Waals surface area contributed by atoms with Crippen molar-refractivity contribution in [1.82, 2.24) is 9.97 Å². The van der Waals surface area contributed by atoms with Crippen molar-refractivity contribution >= 4 is 5.82 Å². The first-order chi connectivity index (χ1) is 10.3. The lowest BCUT2D eigenvalue weighted by Crippen LogP contribution is -2.06. The fourth-order valence-corrected chi connectivity index (χ4v) is 3.25. The largest absolute Gasteiger partial charge is 0.383 e. The molecule has 0 bridgehead atoms. The van der Waals surface area contributed by atoms with Gasteiger partial charge in [-0.25, -0.2) is 9.97 Å². The van der Waals surface area contributed by atoms with Gasteiger partial charge in [0.1, 0.15) is 5.82 Å². The molecule has 0 radical (unpaired) electrons. The van der Waals surface area contributed by atoms with Crippen LogP contribution in [0.2, 0.25) is 0 Å². The number of aromatic nitrogens is 2. The number of hydrogen-bond donors (Lipinski definition) is 1. The van der Waals surface area contributed by atoms with E-state index >= 15 is 0 Å². The highest BCUT2D eigenvalue weighted by atomic mass is 15.0. The molecule has 0 saturated heterocycles. The Kier molecular flexibility index (Phi) is 3.13. The van der Waals surface area contributed by atoms with Crippen LogP contribution in [0.1, 0.15) is 54.8 Å². The summed E-state index contributed by atoms with van der Waals surface area (Å²) in [5.41, 5.74) is 11.1. The zero-order chi connectivity index (χ0) is 14.2. The van der Waals surface area contributed by atoms with Crippen LogP contribution >= 0.6 is 0 Å². The normalized spacial score (nSPS) is 18.1. The Balaban J connectivity index is 1.70. The first-order valence-corrected chi connectivity index (χ1v) is 8.07. The molecule has 1 aromatic heterocycles. The van der Waals surface area contributed by atoms with Crippen molar-refractivity contribution in [3.63, 3.8) is 0 Å². The summed E-state index contributed by atoms with van der Waals surface area (Å²) in [6, 6.07) is 8.73. The van der Waals surface area contributed by atoms with E-state index in [1.54, 1.807) is 0 Å². The second-order valence-corrected chi connectivity index (χ2v) is 6.31. The van der Waals surface area contributed by atoms with E-state index in [9.17, 15) is 0 Å². The van der Waals surface area contributed by atoms with Crippen LogP contribution in [0.25, 0.3) is 11.4 Å². The van der Waals surface area contributed by atoms with Gasteiger partial charge in [-0.3, -0.25) is 0 Å². The standard InChI is InChI=1S/C18H21N3/c19-17-15-4-2-1-3-5-16(15)20-18(21-17)14-10-8-13(9-11-14)12-6-7-12/h8-12H,1-7H2,(H2,19,20,21). The quantitative estimate of drug-likeness (QED) is 0.849. The zero-order valence-corrected chi connectivity index (χ0v) is 12.3. The second-order valence-electron chi connectivity index (χ2n) is 6.31. The molecule has 3 heteroatoms. The van der Waals surface area contributed by atoms with Crippen LogP contribution in [-0.2, 0) is 12.8 Å². The molecule has 0 atom stereocenters. The number of rotatable bonds is 2. The minimum Gasteiger partial charge on any atom is -0.383 e. The number of benzene rings is 1. The van der Waals surface area contributed by atoms with Gasteiger partial charge in [0.05, 0.1) is 0 Å². The lowest BCUT2D eigenvalue weighted by Gasteiger charge is -2.10. The van der Waals surface area contributed by atoms with Crippen molar-refractivity contribution < 1.29 is 0 Å². The van der Waals surface area contributed by atoms with Crippen LogP contribution in [0.15, 0.2) is 24.3 Å². The molecule has 2 aliphatic carbocycles. The maximum atomic E-state index is 6.19. The molecule has 108 valence electrons. The average molecular weight is 279 g/mol. The number of fused-ring (bicyclic) bond motifs is 1. The topological polar surface area (TPSA) is 51.8 Å². The van der Waals surface area contributed by atoms with Gasteiger partial charge in [-0.05, 0) is 50.0 Å². The number of anilines is 1. The molecule has 1 fully saturated rings. The highest BCUT2D eigenvalue weighted by molar-refractivity contribution is 5.59. The molecule has 0 amide bonds. The van der Waals surface area contributed by atoms with Crippen molar-refractivity contribution in [2.24, 2.45) is 0 Å². The summed E-state index contributed by atoms with van der Waals surface area (Å²) in [5, 5.41) is 0. The Bertz CT molecular complexity index is 657. The van der Waals surface area contributed by atoms with E-state index in [1.165, 1.54) is 48.9 Å². The van der Waals surface area contributed by atoms with Gasteiger partial charge in [-0.1, -0.05) is 30.7 Å². The first-order valence-electron chi connectivity index (χ1n) is 8.07. The average Bonchev–Trinajstić information content (AvgIpc) is 3.34. The lowest BCUT2D eigenvalue weighted by atomic mass is 10.1. The van der Waals surface area contributed by atoms with Gasteiger partial charge < -0.3 is 5.73 Å². The maximum absolute atomic E-state index is 6.19. The number of nitrogen functional groups attached to an aromatic ring is 1. The summed E-state index contributed by atoms with van der Waals surface area (Å²) in [4.78, 5) is 9.36. The molecule has 2 aromatic rings. The van der Waals surface area contributed by atoms with E-state index in [0.29, 0.717) is 5.82 Å². The molecule has 2 N–H and O–H groups in total. The van der Waals surface area contributed by atoms with Crippen LogP contribution in [0.5, 0.6) is 0 Å². The van der Waals surface area contributed by atoms with Crippen molar-refractivity contribution in [2.45, 2.75) is 50.9 Å². The molecule has 1 saturated carbocycles. The number of hydrogen-bond acceptors (Lipinski definition) is 3. The molecule has 0 spiro atoms. The monoisotopic (exact) mass is 279 g/mol. The van der Waals surface area contributed by atoms with E-state index in [-0.39, 0.29) is 0 Å². The third-order valence-electron chi connectivity index (χ3n) is 4.68. The molecule has 0 aliphatic heterocycles. The van der Waals surface area contributed by atoms with Gasteiger partial charge in [-0.2, -0.15) is 0 Å². The molecule has 1 heterocycles. The molecule has 4 rings (SSSR count). The van der Waals surface area contributed by atoms with Crippen molar-refractivity contribution in [3.05, 3.63) is 41.1 Å². The first kappa shape index (κ1) is 12.8. The predicted octanol–water partition coefficient (Wildman–Crippen LogP) is 3.87. The van der Waals surface area contributed by atoms with Crippen molar-refractivity contribution in [1.29, 1.82) is 0 Å². The highest BCUT2D eigenvalue weighted by Crippen LogP contribution is 2.40. The lowest BCUT2D eigenvalue weighted by molar-refractivity contribution is 0.709. The summed E-state index contributed by atoms with van der Waals surface area (Å²) in [6.45, 7) is 0. The molecule has 3 nitrogen and oxygen atoms in total. The third kappa shape index (κ3) is 2.53. The van der Waals surface area contributed by atoms with Gasteiger partial charge in [0.2, 0.25) is 0 Å². The fraction of sp³-hybridized carbons (Fsp3) is 0.444. The van der Waals surface area contributed by atoms with Crippen LogP contribution in [0.4, 0.5) is 5.82 Å². The van der Waals surface area contributed by atoms with Crippen LogP contribution in [0, 0.1) is 0 Å². The maximum Gasteiger partial charge on any atom is 0.161 e. The molecular formula is C18H21N3. The van der Waals surface area contributed by atoms with E-state index in [0.717, 1.165) is 30.1 Å². The third-order valence-corrected chi connectivity index (χ3v) is 4.68. The van der Waals surface area contributed by atoms with E-state index in [1.807, 2.05) is 0 Å². The Hall–Kier alpha value is -1.90. The summed E-state index contributed by atoms with van der Waals surface area (Å²) in [6.07, 6.45) is 8.42. The minimum atomic E-state index is 0.683. The SMILES string of the molecule is Nc1nc(-c2ccc(C3CC3)cc2)nc2c1CCCCC2. The van der Waals surface area contributed by atoms with Crippen LogP contribution in [-0.4, -0.2) is 9.97 Å². The Morgan fingerprint density at radius 3 is 2.43 bits per heavy atom. The molecule has 1 aromatic carbocycles. The van der Waals surface area contributed by atoms with Crippen molar-refractivity contribution in [2.75, 3.05) is 5.73 Å². The van der Waals surface area contributed by atoms with Gasteiger partial charge >= 0.3 is 0 Å².